The summed E-state index contributed by atoms with van der Waals surface area (Å²) < 4.78 is 1.46. The van der Waals surface area contributed by atoms with Crippen molar-refractivity contribution >= 4 is 15.9 Å². The highest BCUT2D eigenvalue weighted by atomic mass is 79.9. The molecular formula is C14H23Br. The van der Waals surface area contributed by atoms with Gasteiger partial charge < -0.3 is 0 Å². The smallest absolute Gasteiger partial charge is 0.00148 e. The van der Waals surface area contributed by atoms with Gasteiger partial charge in [-0.15, -0.1) is 0 Å². The Morgan fingerprint density at radius 2 is 1.93 bits per heavy atom. The average Bonchev–Trinajstić information content (AvgIpc) is 2.27. The second kappa shape index (κ2) is 7.27. The number of hydrogen-bond acceptors (Lipinski definition) is 0. The Morgan fingerprint density at radius 3 is 2.60 bits per heavy atom. The molecule has 86 valence electrons. The van der Waals surface area contributed by atoms with E-state index in [9.17, 15) is 0 Å². The van der Waals surface area contributed by atoms with Gasteiger partial charge in [-0.1, -0.05) is 48.7 Å². The van der Waals surface area contributed by atoms with Crippen molar-refractivity contribution in [1.82, 2.24) is 0 Å². The Kier molecular flexibility index (Phi) is 6.31. The molecule has 1 saturated carbocycles. The molecule has 0 bridgehead atoms. The van der Waals surface area contributed by atoms with Crippen molar-refractivity contribution in [1.29, 1.82) is 0 Å². The van der Waals surface area contributed by atoms with Crippen LogP contribution in [0.3, 0.4) is 0 Å². The van der Waals surface area contributed by atoms with Crippen molar-refractivity contribution in [2.24, 2.45) is 0 Å². The highest BCUT2D eigenvalue weighted by Crippen LogP contribution is 2.35. The molecule has 1 rings (SSSR count). The van der Waals surface area contributed by atoms with Crippen LogP contribution in [0.2, 0.25) is 0 Å². The van der Waals surface area contributed by atoms with E-state index in [1.54, 1.807) is 11.1 Å². The molecule has 0 aromatic rings. The number of allylic oxidation sites excluding steroid dienone is 4. The molecule has 15 heavy (non-hydrogen) atoms. The van der Waals surface area contributed by atoms with Gasteiger partial charge in [0.05, 0.1) is 0 Å². The number of unbranched alkanes of at least 4 members (excludes halogenated alkanes) is 1. The van der Waals surface area contributed by atoms with Crippen molar-refractivity contribution in [2.75, 3.05) is 0 Å². The van der Waals surface area contributed by atoms with Gasteiger partial charge in [0, 0.05) is 0 Å². The van der Waals surface area contributed by atoms with Crippen molar-refractivity contribution in [3.05, 3.63) is 21.7 Å². The lowest BCUT2D eigenvalue weighted by atomic mass is 9.88. The van der Waals surface area contributed by atoms with E-state index in [1.807, 2.05) is 0 Å². The Hall–Kier alpha value is -0.0400. The monoisotopic (exact) mass is 270 g/mol. The molecule has 0 atom stereocenters. The van der Waals surface area contributed by atoms with E-state index >= 15 is 0 Å². The van der Waals surface area contributed by atoms with Crippen LogP contribution in [0, 0.1) is 0 Å². The highest BCUT2D eigenvalue weighted by molar-refractivity contribution is 9.11. The van der Waals surface area contributed by atoms with Crippen LogP contribution in [0.5, 0.6) is 0 Å². The summed E-state index contributed by atoms with van der Waals surface area (Å²) in [6.07, 6.45) is 12.8. The standard InChI is InChI=1S/C14H23Br/c1-3-5-9-12-10-6-7-11-13(12)14(15)8-4-2/h9H,3-8,10-11H2,1-2H3/b12-9+,14-13-. The van der Waals surface area contributed by atoms with E-state index in [0.717, 1.165) is 0 Å². The van der Waals surface area contributed by atoms with E-state index < -0.39 is 0 Å². The molecule has 0 unspecified atom stereocenters. The fraction of sp³-hybridized carbons (Fsp3) is 0.714. The minimum absolute atomic E-state index is 1.21. The summed E-state index contributed by atoms with van der Waals surface area (Å²) in [5.41, 5.74) is 3.25. The molecule has 0 aliphatic heterocycles. The molecule has 0 heterocycles. The van der Waals surface area contributed by atoms with Crippen LogP contribution >= 0.6 is 15.9 Å². The molecule has 0 aromatic heterocycles. The molecular weight excluding hydrogens is 248 g/mol. The van der Waals surface area contributed by atoms with Gasteiger partial charge in [-0.3, -0.25) is 0 Å². The van der Waals surface area contributed by atoms with Gasteiger partial charge in [-0.05, 0) is 54.2 Å². The first-order chi connectivity index (χ1) is 7.29. The molecule has 0 aromatic carbocycles. The van der Waals surface area contributed by atoms with E-state index in [-0.39, 0.29) is 0 Å². The first kappa shape index (κ1) is 13.0. The maximum atomic E-state index is 3.77. The van der Waals surface area contributed by atoms with Crippen molar-refractivity contribution < 1.29 is 0 Å². The first-order valence-corrected chi connectivity index (χ1v) is 7.15. The number of rotatable bonds is 4. The number of halogens is 1. The van der Waals surface area contributed by atoms with Gasteiger partial charge in [0.2, 0.25) is 0 Å². The quantitative estimate of drug-likeness (QED) is 0.612. The molecule has 0 nitrogen and oxygen atoms in total. The third-order valence-corrected chi connectivity index (χ3v) is 3.86. The third-order valence-electron chi connectivity index (χ3n) is 2.99. The topological polar surface area (TPSA) is 0 Å². The summed E-state index contributed by atoms with van der Waals surface area (Å²) >= 11 is 3.77. The zero-order valence-corrected chi connectivity index (χ0v) is 11.7. The lowest BCUT2D eigenvalue weighted by molar-refractivity contribution is 0.670. The normalized spacial score (nSPS) is 23.3. The Bertz CT molecular complexity index is 248. The lowest BCUT2D eigenvalue weighted by Gasteiger charge is -2.20. The van der Waals surface area contributed by atoms with E-state index in [2.05, 4.69) is 35.9 Å². The molecule has 1 aliphatic rings. The molecule has 0 spiro atoms. The van der Waals surface area contributed by atoms with Gasteiger partial charge in [0.15, 0.2) is 0 Å². The number of hydrogen-bond donors (Lipinski definition) is 0. The molecule has 1 aliphatic carbocycles. The predicted octanol–water partition coefficient (Wildman–Crippen LogP) is 5.74. The Morgan fingerprint density at radius 1 is 1.20 bits per heavy atom. The summed E-state index contributed by atoms with van der Waals surface area (Å²) in [7, 11) is 0. The Balaban J connectivity index is 2.77. The second-order valence-corrected chi connectivity index (χ2v) is 5.32. The van der Waals surface area contributed by atoms with Crippen molar-refractivity contribution in [2.45, 2.75) is 65.2 Å². The molecule has 1 heteroatoms. The second-order valence-electron chi connectivity index (χ2n) is 4.36. The maximum absolute atomic E-state index is 3.77. The van der Waals surface area contributed by atoms with Crippen LogP contribution in [0.25, 0.3) is 0 Å². The molecule has 0 N–H and O–H groups in total. The summed E-state index contributed by atoms with van der Waals surface area (Å²) in [5, 5.41) is 0. The summed E-state index contributed by atoms with van der Waals surface area (Å²) in [4.78, 5) is 0. The van der Waals surface area contributed by atoms with E-state index in [0.29, 0.717) is 0 Å². The van der Waals surface area contributed by atoms with Gasteiger partial charge in [-0.2, -0.15) is 0 Å². The highest BCUT2D eigenvalue weighted by Gasteiger charge is 2.14. The van der Waals surface area contributed by atoms with Crippen LogP contribution < -0.4 is 0 Å². The third kappa shape index (κ3) is 4.14. The van der Waals surface area contributed by atoms with Crippen LogP contribution in [0.1, 0.15) is 65.2 Å². The summed E-state index contributed by atoms with van der Waals surface area (Å²) in [6.45, 7) is 4.50. The van der Waals surface area contributed by atoms with Crippen LogP contribution in [-0.2, 0) is 0 Å². The zero-order valence-electron chi connectivity index (χ0n) is 10.1. The predicted molar refractivity (Wildman–Crippen MR) is 72.3 cm³/mol. The fourth-order valence-corrected chi connectivity index (χ4v) is 3.00. The molecule has 0 radical (unpaired) electrons. The first-order valence-electron chi connectivity index (χ1n) is 6.36. The SMILES string of the molecule is CCC/C=C1\CCCC\C1=C(\Br)CCC. The molecule has 0 saturated heterocycles. The average molecular weight is 271 g/mol. The van der Waals surface area contributed by atoms with E-state index in [4.69, 9.17) is 0 Å². The van der Waals surface area contributed by atoms with Crippen LogP contribution in [0.15, 0.2) is 21.7 Å². The van der Waals surface area contributed by atoms with Gasteiger partial charge >= 0.3 is 0 Å². The largest absolute Gasteiger partial charge is 0.0810 e. The summed E-state index contributed by atoms with van der Waals surface area (Å²) in [5.74, 6) is 0. The van der Waals surface area contributed by atoms with Gasteiger partial charge in [0.25, 0.3) is 0 Å². The van der Waals surface area contributed by atoms with Crippen LogP contribution in [0.4, 0.5) is 0 Å². The lowest BCUT2D eigenvalue weighted by Crippen LogP contribution is -2.00. The van der Waals surface area contributed by atoms with Gasteiger partial charge in [0.1, 0.15) is 0 Å². The minimum Gasteiger partial charge on any atom is -0.0810 e. The zero-order chi connectivity index (χ0) is 11.1. The van der Waals surface area contributed by atoms with Crippen molar-refractivity contribution in [3.63, 3.8) is 0 Å². The fourth-order valence-electron chi connectivity index (χ4n) is 2.15. The summed E-state index contributed by atoms with van der Waals surface area (Å²) in [6, 6.07) is 0. The van der Waals surface area contributed by atoms with E-state index in [1.165, 1.54) is 55.8 Å². The maximum Gasteiger partial charge on any atom is -0.00148 e. The van der Waals surface area contributed by atoms with Crippen LogP contribution in [-0.4, -0.2) is 0 Å². The van der Waals surface area contributed by atoms with Crippen molar-refractivity contribution in [3.8, 4) is 0 Å². The molecule has 0 amide bonds. The Labute approximate surface area is 103 Å². The minimum atomic E-state index is 1.21. The van der Waals surface area contributed by atoms with Gasteiger partial charge in [-0.25, -0.2) is 0 Å². The molecule has 1 fully saturated rings.